The zero-order valence-electron chi connectivity index (χ0n) is 15.1. The molecule has 0 N–H and O–H groups in total. The summed E-state index contributed by atoms with van der Waals surface area (Å²) < 4.78 is 0. The monoisotopic (exact) mass is 333 g/mol. The molecule has 0 saturated carbocycles. The van der Waals surface area contributed by atoms with Crippen molar-refractivity contribution < 1.29 is 0 Å². The van der Waals surface area contributed by atoms with Crippen LogP contribution in [0.25, 0.3) is 12.2 Å². The Morgan fingerprint density at radius 1 is 0.720 bits per heavy atom. The lowest BCUT2D eigenvalue weighted by Gasteiger charge is -2.33. The van der Waals surface area contributed by atoms with Crippen LogP contribution in [-0.4, -0.2) is 56.1 Å². The second kappa shape index (κ2) is 7.42. The molecule has 2 aromatic carbocycles. The molecule has 0 aliphatic carbocycles. The molecule has 0 radical (unpaired) electrons. The van der Waals surface area contributed by atoms with Crippen molar-refractivity contribution in [3.63, 3.8) is 0 Å². The number of anilines is 2. The van der Waals surface area contributed by atoms with E-state index < -0.39 is 0 Å². The van der Waals surface area contributed by atoms with Crippen molar-refractivity contribution in [3.05, 3.63) is 59.7 Å². The summed E-state index contributed by atoms with van der Waals surface area (Å²) in [5.41, 5.74) is 5.25. The first-order chi connectivity index (χ1) is 12.3. The summed E-state index contributed by atoms with van der Waals surface area (Å²) in [6.07, 6.45) is 5.68. The molecule has 25 heavy (non-hydrogen) atoms. The number of piperazine rings is 1. The van der Waals surface area contributed by atoms with Gasteiger partial charge in [-0.1, -0.05) is 48.6 Å². The first-order valence-electron chi connectivity index (χ1n) is 9.36. The van der Waals surface area contributed by atoms with E-state index >= 15 is 0 Å². The van der Waals surface area contributed by atoms with Gasteiger partial charge in [-0.25, -0.2) is 0 Å². The first-order valence-corrected chi connectivity index (χ1v) is 9.36. The lowest BCUT2D eigenvalue weighted by atomic mass is 10.1. The van der Waals surface area contributed by atoms with Crippen LogP contribution in [0.5, 0.6) is 0 Å². The molecule has 0 spiro atoms. The van der Waals surface area contributed by atoms with E-state index in [9.17, 15) is 0 Å². The van der Waals surface area contributed by atoms with Gasteiger partial charge in [0.1, 0.15) is 0 Å². The third-order valence-corrected chi connectivity index (χ3v) is 5.35. The fraction of sp³-hybridized carbons (Fsp3) is 0.364. The van der Waals surface area contributed by atoms with E-state index in [1.165, 1.54) is 61.6 Å². The average Bonchev–Trinajstić information content (AvgIpc) is 2.81. The molecule has 1 saturated heterocycles. The van der Waals surface area contributed by atoms with Gasteiger partial charge in [-0.05, 0) is 43.3 Å². The highest BCUT2D eigenvalue weighted by molar-refractivity contribution is 5.88. The van der Waals surface area contributed by atoms with E-state index in [2.05, 4.69) is 82.4 Å². The standard InChI is InChI=1S/C22H27N3/c1-23-15-17-24(18-16-23)13-6-14-25-21-9-4-2-7-19(21)11-12-20-8-3-5-10-22(20)25/h2-5,7-12H,6,13-18H2,1H3. The number of nitrogens with zero attached hydrogens (tertiary/aromatic N) is 3. The molecule has 4 rings (SSSR count). The predicted octanol–water partition coefficient (Wildman–Crippen LogP) is 3.95. The molecule has 2 aliphatic heterocycles. The predicted molar refractivity (Wildman–Crippen MR) is 107 cm³/mol. The Hall–Kier alpha value is -2.10. The third-order valence-electron chi connectivity index (χ3n) is 5.35. The zero-order valence-corrected chi connectivity index (χ0v) is 15.1. The number of fused-ring (bicyclic) bond motifs is 2. The average molecular weight is 333 g/mol. The van der Waals surface area contributed by atoms with Gasteiger partial charge in [0.2, 0.25) is 0 Å². The zero-order chi connectivity index (χ0) is 17.1. The molecule has 3 nitrogen and oxygen atoms in total. The van der Waals surface area contributed by atoms with Crippen LogP contribution >= 0.6 is 0 Å². The summed E-state index contributed by atoms with van der Waals surface area (Å²) in [5.74, 6) is 0. The highest BCUT2D eigenvalue weighted by Crippen LogP contribution is 2.36. The molecule has 0 aromatic heterocycles. The van der Waals surface area contributed by atoms with Crippen LogP contribution in [0.1, 0.15) is 17.5 Å². The molecular formula is C22H27N3. The van der Waals surface area contributed by atoms with Crippen molar-refractivity contribution >= 4 is 23.5 Å². The Morgan fingerprint density at radius 3 is 1.88 bits per heavy atom. The first kappa shape index (κ1) is 16.4. The molecule has 1 fully saturated rings. The van der Waals surface area contributed by atoms with Crippen molar-refractivity contribution in [3.8, 4) is 0 Å². The summed E-state index contributed by atoms with van der Waals surface area (Å²) in [7, 11) is 2.22. The number of benzene rings is 2. The Morgan fingerprint density at radius 2 is 1.28 bits per heavy atom. The topological polar surface area (TPSA) is 9.72 Å². The van der Waals surface area contributed by atoms with Gasteiger partial charge in [-0.15, -0.1) is 0 Å². The fourth-order valence-corrected chi connectivity index (χ4v) is 3.82. The summed E-state index contributed by atoms with van der Waals surface area (Å²) in [6, 6.07) is 17.5. The van der Waals surface area contributed by atoms with E-state index in [4.69, 9.17) is 0 Å². The quantitative estimate of drug-likeness (QED) is 0.839. The Kier molecular flexibility index (Phi) is 4.86. The highest BCUT2D eigenvalue weighted by atomic mass is 15.2. The van der Waals surface area contributed by atoms with Crippen molar-refractivity contribution in [2.75, 3.05) is 51.2 Å². The smallest absolute Gasteiger partial charge is 0.0484 e. The van der Waals surface area contributed by atoms with Crippen molar-refractivity contribution in [1.29, 1.82) is 0 Å². The molecule has 0 amide bonds. The molecular weight excluding hydrogens is 306 g/mol. The van der Waals surface area contributed by atoms with E-state index in [1.54, 1.807) is 0 Å². The van der Waals surface area contributed by atoms with Gasteiger partial charge < -0.3 is 14.7 Å². The molecule has 2 aliphatic rings. The van der Waals surface area contributed by atoms with Crippen molar-refractivity contribution in [1.82, 2.24) is 9.80 Å². The third kappa shape index (κ3) is 3.63. The summed E-state index contributed by atoms with van der Waals surface area (Å²) >= 11 is 0. The number of rotatable bonds is 4. The lowest BCUT2D eigenvalue weighted by Crippen LogP contribution is -2.45. The molecule has 0 bridgehead atoms. The van der Waals surface area contributed by atoms with Crippen LogP contribution < -0.4 is 4.90 Å². The second-order valence-electron chi connectivity index (χ2n) is 7.10. The van der Waals surface area contributed by atoms with Crippen LogP contribution in [0.2, 0.25) is 0 Å². The van der Waals surface area contributed by atoms with Crippen LogP contribution in [0.4, 0.5) is 11.4 Å². The van der Waals surface area contributed by atoms with Gasteiger partial charge in [-0.3, -0.25) is 0 Å². The number of hydrogen-bond acceptors (Lipinski definition) is 3. The highest BCUT2D eigenvalue weighted by Gasteiger charge is 2.18. The van der Waals surface area contributed by atoms with Crippen LogP contribution in [0, 0.1) is 0 Å². The summed E-state index contributed by atoms with van der Waals surface area (Å²) in [5, 5.41) is 0. The number of para-hydroxylation sites is 2. The SMILES string of the molecule is CN1CCN(CCCN2c3ccccc3C=Cc3ccccc32)CC1. The Labute approximate surface area is 151 Å². The Balaban J connectivity index is 1.51. The maximum atomic E-state index is 2.61. The van der Waals surface area contributed by atoms with Gasteiger partial charge in [0.25, 0.3) is 0 Å². The molecule has 0 unspecified atom stereocenters. The molecule has 3 heteroatoms. The molecule has 130 valence electrons. The minimum atomic E-state index is 1.06. The van der Waals surface area contributed by atoms with E-state index in [-0.39, 0.29) is 0 Å². The van der Waals surface area contributed by atoms with E-state index in [0.29, 0.717) is 0 Å². The molecule has 0 atom stereocenters. The van der Waals surface area contributed by atoms with Gasteiger partial charge in [0.05, 0.1) is 0 Å². The fourth-order valence-electron chi connectivity index (χ4n) is 3.82. The molecule has 2 heterocycles. The van der Waals surface area contributed by atoms with E-state index in [0.717, 1.165) is 6.54 Å². The maximum Gasteiger partial charge on any atom is 0.0484 e. The maximum absolute atomic E-state index is 2.61. The minimum Gasteiger partial charge on any atom is -0.340 e. The molecule has 2 aromatic rings. The van der Waals surface area contributed by atoms with Gasteiger partial charge in [-0.2, -0.15) is 0 Å². The minimum absolute atomic E-state index is 1.06. The van der Waals surface area contributed by atoms with Crippen molar-refractivity contribution in [2.45, 2.75) is 6.42 Å². The Bertz CT molecular complexity index is 695. The summed E-state index contributed by atoms with van der Waals surface area (Å²) in [4.78, 5) is 7.53. The summed E-state index contributed by atoms with van der Waals surface area (Å²) in [6.45, 7) is 7.03. The van der Waals surface area contributed by atoms with Gasteiger partial charge >= 0.3 is 0 Å². The van der Waals surface area contributed by atoms with Gasteiger partial charge in [0, 0.05) is 44.1 Å². The van der Waals surface area contributed by atoms with Crippen LogP contribution in [0.3, 0.4) is 0 Å². The van der Waals surface area contributed by atoms with Crippen LogP contribution in [-0.2, 0) is 0 Å². The van der Waals surface area contributed by atoms with Crippen molar-refractivity contribution in [2.24, 2.45) is 0 Å². The normalized spacial score (nSPS) is 17.9. The number of hydrogen-bond donors (Lipinski definition) is 0. The largest absolute Gasteiger partial charge is 0.340 e. The number of likely N-dealkylation sites (N-methyl/N-ethyl adjacent to an activating group) is 1. The van der Waals surface area contributed by atoms with Gasteiger partial charge in [0.15, 0.2) is 0 Å². The van der Waals surface area contributed by atoms with Crippen LogP contribution in [0.15, 0.2) is 48.5 Å². The second-order valence-corrected chi connectivity index (χ2v) is 7.10. The lowest BCUT2D eigenvalue weighted by molar-refractivity contribution is 0.153. The van der Waals surface area contributed by atoms with E-state index in [1.807, 2.05) is 0 Å².